The van der Waals surface area contributed by atoms with Gasteiger partial charge in [0.15, 0.2) is 15.8 Å². The number of carbonyl (C=O) groups excluding carboxylic acids is 1. The summed E-state index contributed by atoms with van der Waals surface area (Å²) in [5.74, 6) is 0.837. The lowest BCUT2D eigenvalue weighted by Gasteiger charge is -2.33. The average Bonchev–Trinajstić information content (AvgIpc) is 2.65. The molecule has 2 rings (SSSR count). The highest BCUT2D eigenvalue weighted by Crippen LogP contribution is 2.18. The van der Waals surface area contributed by atoms with E-state index in [0.29, 0.717) is 36.4 Å². The van der Waals surface area contributed by atoms with E-state index >= 15 is 0 Å². The Morgan fingerprint density at radius 2 is 2.00 bits per heavy atom. The fraction of sp³-hybridized carbons (Fsp3) is 0.619. The van der Waals surface area contributed by atoms with Gasteiger partial charge in [0, 0.05) is 38.4 Å². The van der Waals surface area contributed by atoms with Gasteiger partial charge in [0.05, 0.1) is 11.4 Å². The molecule has 0 spiro atoms. The molecule has 2 N–H and O–H groups in total. The highest BCUT2D eigenvalue weighted by atomic mass is 127. The van der Waals surface area contributed by atoms with E-state index in [0.717, 1.165) is 37.1 Å². The molecule has 9 heteroatoms. The van der Waals surface area contributed by atoms with Crippen molar-refractivity contribution in [2.45, 2.75) is 63.9 Å². The number of aryl methyl sites for hydroxylation is 1. The van der Waals surface area contributed by atoms with E-state index in [1.54, 1.807) is 19.1 Å². The van der Waals surface area contributed by atoms with Gasteiger partial charge in [-0.05, 0) is 57.2 Å². The molecule has 1 fully saturated rings. The maximum Gasteiger partial charge on any atom is 0.224 e. The van der Waals surface area contributed by atoms with Crippen molar-refractivity contribution >= 4 is 45.7 Å². The Labute approximate surface area is 198 Å². The monoisotopic (exact) mass is 550 g/mol. The molecule has 1 atom stereocenters. The number of nitrogens with one attached hydrogen (secondary N) is 2. The summed E-state index contributed by atoms with van der Waals surface area (Å²) in [4.78, 5) is 19.4. The maximum atomic E-state index is 12.5. The van der Waals surface area contributed by atoms with Crippen molar-refractivity contribution in [1.29, 1.82) is 0 Å². The molecule has 1 aliphatic heterocycles. The van der Waals surface area contributed by atoms with Gasteiger partial charge in [0.1, 0.15) is 0 Å². The van der Waals surface area contributed by atoms with Crippen molar-refractivity contribution in [3.63, 3.8) is 0 Å². The molecule has 1 aromatic carbocycles. The number of nitrogens with zero attached hydrogens (tertiary/aromatic N) is 2. The van der Waals surface area contributed by atoms with Crippen molar-refractivity contribution in [3.05, 3.63) is 29.3 Å². The van der Waals surface area contributed by atoms with Crippen molar-refractivity contribution in [1.82, 2.24) is 15.5 Å². The number of benzene rings is 1. The first-order valence-corrected chi connectivity index (χ1v) is 12.2. The van der Waals surface area contributed by atoms with E-state index in [-0.39, 0.29) is 29.9 Å². The van der Waals surface area contributed by atoms with Crippen molar-refractivity contribution in [2.24, 2.45) is 4.99 Å². The van der Waals surface area contributed by atoms with Crippen LogP contribution in [0.3, 0.4) is 0 Å². The summed E-state index contributed by atoms with van der Waals surface area (Å²) in [6.07, 6.45) is 5.03. The number of rotatable bonds is 7. The lowest BCUT2D eigenvalue weighted by Crippen LogP contribution is -2.44. The summed E-state index contributed by atoms with van der Waals surface area (Å²) in [6, 6.07) is 5.60. The third kappa shape index (κ3) is 8.05. The quantitative estimate of drug-likeness (QED) is 0.310. The summed E-state index contributed by atoms with van der Waals surface area (Å²) >= 11 is 0. The second-order valence-corrected chi connectivity index (χ2v) is 9.66. The Kier molecular flexibility index (Phi) is 11.1. The molecule has 0 aliphatic carbocycles. The van der Waals surface area contributed by atoms with Crippen LogP contribution in [-0.4, -0.2) is 57.1 Å². The number of halogens is 1. The molecule has 1 aliphatic rings. The van der Waals surface area contributed by atoms with Crippen LogP contribution in [0.1, 0.15) is 50.7 Å². The standard InChI is InChI=1S/C21H34N4O3S.HI/c1-5-22-21(23-12-11-20(26)25-13-7-6-8-17(25)3)24-15-18-9-10-19(16(2)14-18)29(4,27)28;/h9-10,14,17H,5-8,11-13,15H2,1-4H3,(H2,22,23,24);1H. The van der Waals surface area contributed by atoms with Crippen LogP contribution < -0.4 is 10.6 Å². The Bertz CT molecular complexity index is 843. The van der Waals surface area contributed by atoms with Crippen molar-refractivity contribution in [3.8, 4) is 0 Å². The molecule has 1 amide bonds. The minimum Gasteiger partial charge on any atom is -0.357 e. The van der Waals surface area contributed by atoms with E-state index < -0.39 is 9.84 Å². The van der Waals surface area contributed by atoms with Crippen LogP contribution in [0, 0.1) is 6.92 Å². The van der Waals surface area contributed by atoms with Gasteiger partial charge in [-0.25, -0.2) is 13.4 Å². The van der Waals surface area contributed by atoms with Crippen molar-refractivity contribution in [2.75, 3.05) is 25.9 Å². The number of sulfone groups is 1. The van der Waals surface area contributed by atoms with Crippen LogP contribution in [0.5, 0.6) is 0 Å². The molecule has 0 saturated carbocycles. The van der Waals surface area contributed by atoms with E-state index in [2.05, 4.69) is 22.5 Å². The Morgan fingerprint density at radius 1 is 1.27 bits per heavy atom. The zero-order chi connectivity index (χ0) is 21.4. The zero-order valence-electron chi connectivity index (χ0n) is 18.4. The predicted molar refractivity (Wildman–Crippen MR) is 132 cm³/mol. The number of aliphatic imine (C=N–C) groups is 1. The molecule has 170 valence electrons. The summed E-state index contributed by atoms with van der Waals surface area (Å²) in [6.45, 7) is 8.43. The van der Waals surface area contributed by atoms with Gasteiger partial charge in [-0.15, -0.1) is 24.0 Å². The Hall–Kier alpha value is -1.36. The smallest absolute Gasteiger partial charge is 0.224 e. The number of hydrogen-bond donors (Lipinski definition) is 2. The fourth-order valence-electron chi connectivity index (χ4n) is 3.64. The number of guanidine groups is 1. The number of likely N-dealkylation sites (tertiary alicyclic amines) is 1. The topological polar surface area (TPSA) is 90.9 Å². The highest BCUT2D eigenvalue weighted by Gasteiger charge is 2.22. The third-order valence-corrected chi connectivity index (χ3v) is 6.41. The van der Waals surface area contributed by atoms with Crippen LogP contribution in [0.15, 0.2) is 28.1 Å². The summed E-state index contributed by atoms with van der Waals surface area (Å²) in [5.41, 5.74) is 1.66. The lowest BCUT2D eigenvalue weighted by atomic mass is 10.0. The van der Waals surface area contributed by atoms with Gasteiger partial charge in [0.25, 0.3) is 0 Å². The van der Waals surface area contributed by atoms with Crippen LogP contribution in [0.2, 0.25) is 0 Å². The van der Waals surface area contributed by atoms with Gasteiger partial charge in [-0.1, -0.05) is 12.1 Å². The number of carbonyl (C=O) groups is 1. The second kappa shape index (κ2) is 12.5. The van der Waals surface area contributed by atoms with Gasteiger partial charge in [-0.3, -0.25) is 4.79 Å². The predicted octanol–water partition coefficient (Wildman–Crippen LogP) is 2.86. The van der Waals surface area contributed by atoms with Crippen LogP contribution in [0.4, 0.5) is 0 Å². The van der Waals surface area contributed by atoms with Gasteiger partial charge in [-0.2, -0.15) is 0 Å². The normalized spacial score (nSPS) is 17.3. The minimum atomic E-state index is -3.22. The zero-order valence-corrected chi connectivity index (χ0v) is 21.5. The molecular weight excluding hydrogens is 515 g/mol. The third-order valence-electron chi connectivity index (χ3n) is 5.16. The average molecular weight is 551 g/mol. The van der Waals surface area contributed by atoms with Gasteiger partial charge in [0.2, 0.25) is 5.91 Å². The van der Waals surface area contributed by atoms with E-state index in [9.17, 15) is 13.2 Å². The van der Waals surface area contributed by atoms with Crippen LogP contribution >= 0.6 is 24.0 Å². The maximum absolute atomic E-state index is 12.5. The Balaban J connectivity index is 0.00000450. The molecule has 0 aromatic heterocycles. The fourth-order valence-corrected chi connectivity index (χ4v) is 4.60. The lowest BCUT2D eigenvalue weighted by molar-refractivity contribution is -0.134. The van der Waals surface area contributed by atoms with E-state index in [1.807, 2.05) is 17.9 Å². The summed E-state index contributed by atoms with van der Waals surface area (Å²) < 4.78 is 23.5. The van der Waals surface area contributed by atoms with E-state index in [4.69, 9.17) is 0 Å². The minimum absolute atomic E-state index is 0. The molecule has 0 bridgehead atoms. The number of amides is 1. The molecule has 1 aromatic rings. The Morgan fingerprint density at radius 3 is 2.60 bits per heavy atom. The number of piperidine rings is 1. The first-order chi connectivity index (χ1) is 13.7. The highest BCUT2D eigenvalue weighted by molar-refractivity contribution is 14.0. The first kappa shape index (κ1) is 26.7. The first-order valence-electron chi connectivity index (χ1n) is 10.3. The second-order valence-electron chi connectivity index (χ2n) is 7.68. The summed E-state index contributed by atoms with van der Waals surface area (Å²) in [7, 11) is -3.22. The molecule has 1 saturated heterocycles. The largest absolute Gasteiger partial charge is 0.357 e. The van der Waals surface area contributed by atoms with Crippen molar-refractivity contribution < 1.29 is 13.2 Å². The molecule has 1 unspecified atom stereocenters. The van der Waals surface area contributed by atoms with Crippen LogP contribution in [0.25, 0.3) is 0 Å². The SMILES string of the molecule is CCNC(=NCc1ccc(S(C)(=O)=O)c(C)c1)NCCC(=O)N1CCCCC1C.I. The molecule has 7 nitrogen and oxygen atoms in total. The molecular formula is C21H35IN4O3S. The number of hydrogen-bond acceptors (Lipinski definition) is 4. The van der Waals surface area contributed by atoms with Gasteiger partial charge >= 0.3 is 0 Å². The molecule has 1 heterocycles. The molecule has 0 radical (unpaired) electrons. The van der Waals surface area contributed by atoms with Crippen LogP contribution in [-0.2, 0) is 21.2 Å². The summed E-state index contributed by atoms with van der Waals surface area (Å²) in [5, 5.41) is 6.40. The molecule has 30 heavy (non-hydrogen) atoms. The van der Waals surface area contributed by atoms with E-state index in [1.165, 1.54) is 12.7 Å². The van der Waals surface area contributed by atoms with Gasteiger partial charge < -0.3 is 15.5 Å².